The number of aromatic nitrogens is 4. The molecule has 3 heterocycles. The molecule has 1 aromatic carbocycles. The van der Waals surface area contributed by atoms with Crippen LogP contribution in [0.15, 0.2) is 18.2 Å². The van der Waals surface area contributed by atoms with Crippen LogP contribution in [0.2, 0.25) is 0 Å². The van der Waals surface area contributed by atoms with E-state index in [4.69, 9.17) is 15.2 Å². The Morgan fingerprint density at radius 2 is 2.07 bits per heavy atom. The minimum Gasteiger partial charge on any atom is -0.493 e. The highest BCUT2D eigenvalue weighted by molar-refractivity contribution is 8.01. The molecule has 4 N–H and O–H groups in total. The number of thioether (sulfide) groups is 1. The molecule has 0 bridgehead atoms. The molecule has 2 aliphatic heterocycles. The van der Waals surface area contributed by atoms with Crippen molar-refractivity contribution in [3.63, 3.8) is 0 Å². The van der Waals surface area contributed by atoms with Crippen LogP contribution in [0.5, 0.6) is 11.5 Å². The molecular formula is C18H23N7O4S. The van der Waals surface area contributed by atoms with Gasteiger partial charge < -0.3 is 25.4 Å². The molecule has 0 saturated carbocycles. The monoisotopic (exact) mass is 433 g/mol. The number of carbonyl (C=O) groups is 2. The zero-order valence-corrected chi connectivity index (χ0v) is 17.8. The molecule has 0 spiro atoms. The van der Waals surface area contributed by atoms with E-state index in [1.54, 1.807) is 34.9 Å². The van der Waals surface area contributed by atoms with Gasteiger partial charge in [0.15, 0.2) is 17.3 Å². The van der Waals surface area contributed by atoms with E-state index in [-0.39, 0.29) is 22.1 Å². The molecule has 0 aliphatic carbocycles. The fraction of sp³-hybridized carbons (Fsp3) is 0.500. The van der Waals surface area contributed by atoms with E-state index in [9.17, 15) is 9.59 Å². The first-order valence-electron chi connectivity index (χ1n) is 9.29. The van der Waals surface area contributed by atoms with E-state index in [1.165, 1.54) is 14.2 Å². The highest BCUT2D eigenvalue weighted by Crippen LogP contribution is 2.56. The van der Waals surface area contributed by atoms with Crippen LogP contribution in [0.4, 0.5) is 0 Å². The number of H-pyrrole nitrogens is 1. The van der Waals surface area contributed by atoms with Gasteiger partial charge in [-0.1, -0.05) is 11.3 Å². The third-order valence-corrected chi connectivity index (χ3v) is 6.97. The summed E-state index contributed by atoms with van der Waals surface area (Å²) in [5.74, 6) is 0.827. The lowest BCUT2D eigenvalue weighted by Crippen LogP contribution is -2.68. The summed E-state index contributed by atoms with van der Waals surface area (Å²) in [5.41, 5.74) is 6.70. The van der Waals surface area contributed by atoms with Gasteiger partial charge in [-0.25, -0.2) is 0 Å². The molecule has 11 nitrogen and oxygen atoms in total. The summed E-state index contributed by atoms with van der Waals surface area (Å²) in [6.07, 6.45) is 0. The van der Waals surface area contributed by atoms with Crippen molar-refractivity contribution < 1.29 is 19.1 Å². The molecule has 2 saturated heterocycles. The molecule has 2 aliphatic rings. The number of nitrogens with two attached hydrogens (primary N) is 1. The number of hydrogen-bond donors (Lipinski definition) is 3. The Bertz CT molecular complexity index is 967. The number of methoxy groups -OCH3 is 2. The number of fused-ring (bicyclic) bond motifs is 1. The predicted octanol–water partition coefficient (Wildman–Crippen LogP) is 0.137. The maximum atomic E-state index is 12.8. The summed E-state index contributed by atoms with van der Waals surface area (Å²) in [7, 11) is 3.04. The lowest BCUT2D eigenvalue weighted by Gasteiger charge is -2.44. The van der Waals surface area contributed by atoms with Crippen molar-refractivity contribution in [1.29, 1.82) is 0 Å². The molecule has 0 radical (unpaired) electrons. The first kappa shape index (κ1) is 20.4. The second kappa shape index (κ2) is 7.43. The molecule has 4 atom stereocenters. The number of amides is 2. The zero-order valence-electron chi connectivity index (χ0n) is 16.9. The lowest BCUT2D eigenvalue weighted by molar-refractivity contribution is -0.152. The van der Waals surface area contributed by atoms with Crippen molar-refractivity contribution in [2.45, 2.75) is 42.1 Å². The summed E-state index contributed by atoms with van der Waals surface area (Å²) in [5, 5.41) is 16.7. The van der Waals surface area contributed by atoms with Gasteiger partial charge in [-0.05, 0) is 31.5 Å². The van der Waals surface area contributed by atoms with E-state index in [1.807, 2.05) is 13.8 Å². The third kappa shape index (κ3) is 3.16. The van der Waals surface area contributed by atoms with Gasteiger partial charge in [0.25, 0.3) is 0 Å². The topological polar surface area (TPSA) is 148 Å². The largest absolute Gasteiger partial charge is 0.493 e. The molecule has 12 heteroatoms. The number of tetrazole rings is 1. The van der Waals surface area contributed by atoms with Crippen LogP contribution in [0.3, 0.4) is 0 Å². The molecule has 3 unspecified atom stereocenters. The van der Waals surface area contributed by atoms with Gasteiger partial charge in [-0.2, -0.15) is 5.21 Å². The number of β-lactam (4-membered cyclic amide) rings is 1. The zero-order chi connectivity index (χ0) is 21.6. The van der Waals surface area contributed by atoms with Crippen molar-refractivity contribution in [1.82, 2.24) is 30.8 Å². The molecule has 160 valence electrons. The van der Waals surface area contributed by atoms with Gasteiger partial charge in [-0.3, -0.25) is 9.59 Å². The number of benzene rings is 1. The summed E-state index contributed by atoms with van der Waals surface area (Å²) in [6.45, 7) is 4.02. The SMILES string of the molecule is COc1ccc(C(N)C(=O)NC2C(=O)N3C(c4nn[nH]n4)C(C)(C)S[C@@H]23)cc1OC. The van der Waals surface area contributed by atoms with Crippen molar-refractivity contribution >= 4 is 23.6 Å². The number of carbonyl (C=O) groups excluding carboxylic acids is 2. The standard InChI is InChI=1S/C18H23N7O4S/c1-18(2)13(14-21-23-24-22-14)25-16(27)12(17(25)30-18)20-15(26)11(19)8-5-6-9(28-3)10(7-8)29-4/h5-7,11-13,17H,19H2,1-4H3,(H,20,26)(H,21,22,23,24)/t11?,12?,13?,17-/m0/s1. The van der Waals surface area contributed by atoms with Crippen LogP contribution >= 0.6 is 11.8 Å². The highest BCUT2D eigenvalue weighted by atomic mass is 32.2. The minimum atomic E-state index is -0.959. The van der Waals surface area contributed by atoms with Crippen LogP contribution in [0.1, 0.15) is 37.3 Å². The van der Waals surface area contributed by atoms with Crippen molar-refractivity contribution in [3.05, 3.63) is 29.6 Å². The quantitative estimate of drug-likeness (QED) is 0.541. The van der Waals surface area contributed by atoms with E-state index in [0.29, 0.717) is 22.9 Å². The second-order valence-electron chi connectivity index (χ2n) is 7.61. The van der Waals surface area contributed by atoms with Gasteiger partial charge >= 0.3 is 0 Å². The number of ether oxygens (including phenoxy) is 2. The van der Waals surface area contributed by atoms with E-state index in [0.717, 1.165) is 0 Å². The first-order valence-corrected chi connectivity index (χ1v) is 10.2. The number of hydrogen-bond acceptors (Lipinski definition) is 9. The number of rotatable bonds is 6. The van der Waals surface area contributed by atoms with E-state index < -0.39 is 18.0 Å². The molecule has 2 amide bonds. The Kier molecular flexibility index (Phi) is 5.06. The normalized spacial score (nSPS) is 25.3. The Morgan fingerprint density at radius 1 is 1.33 bits per heavy atom. The second-order valence-corrected chi connectivity index (χ2v) is 9.38. The Morgan fingerprint density at radius 3 is 2.70 bits per heavy atom. The molecule has 1 aromatic heterocycles. The van der Waals surface area contributed by atoms with Gasteiger partial charge in [0.1, 0.15) is 23.5 Å². The summed E-state index contributed by atoms with van der Waals surface area (Å²) in [4.78, 5) is 27.3. The van der Waals surface area contributed by atoms with Crippen LogP contribution in [-0.2, 0) is 9.59 Å². The van der Waals surface area contributed by atoms with Crippen molar-refractivity contribution in [2.24, 2.45) is 5.73 Å². The lowest BCUT2D eigenvalue weighted by atomic mass is 9.95. The van der Waals surface area contributed by atoms with Crippen LogP contribution in [0, 0.1) is 0 Å². The summed E-state index contributed by atoms with van der Waals surface area (Å²) >= 11 is 1.59. The number of nitrogens with one attached hydrogen (secondary N) is 2. The van der Waals surface area contributed by atoms with E-state index >= 15 is 0 Å². The average Bonchev–Trinajstić information content (AvgIpc) is 3.34. The molecule has 4 rings (SSSR count). The fourth-order valence-corrected chi connectivity index (χ4v) is 5.52. The smallest absolute Gasteiger partial charge is 0.249 e. The molecule has 2 fully saturated rings. The Labute approximate surface area is 177 Å². The maximum absolute atomic E-state index is 12.8. The van der Waals surface area contributed by atoms with Crippen molar-refractivity contribution in [3.8, 4) is 11.5 Å². The summed E-state index contributed by atoms with van der Waals surface area (Å²) < 4.78 is 10.1. The number of nitrogens with zero attached hydrogens (tertiary/aromatic N) is 4. The Hall–Kier alpha value is -2.86. The average molecular weight is 433 g/mol. The van der Waals surface area contributed by atoms with Crippen LogP contribution in [-0.4, -0.2) is 67.7 Å². The molecule has 2 aromatic rings. The molecular weight excluding hydrogens is 410 g/mol. The number of aromatic amines is 1. The fourth-order valence-electron chi connectivity index (χ4n) is 3.89. The maximum Gasteiger partial charge on any atom is 0.249 e. The van der Waals surface area contributed by atoms with Gasteiger partial charge in [0, 0.05) is 4.75 Å². The minimum absolute atomic E-state index is 0.194. The van der Waals surface area contributed by atoms with E-state index in [2.05, 4.69) is 25.9 Å². The van der Waals surface area contributed by atoms with Crippen LogP contribution < -0.4 is 20.5 Å². The van der Waals surface area contributed by atoms with Gasteiger partial charge in [-0.15, -0.1) is 22.0 Å². The first-order chi connectivity index (χ1) is 14.3. The third-order valence-electron chi connectivity index (χ3n) is 5.39. The van der Waals surface area contributed by atoms with Gasteiger partial charge in [0.2, 0.25) is 11.8 Å². The molecule has 30 heavy (non-hydrogen) atoms. The van der Waals surface area contributed by atoms with Crippen LogP contribution in [0.25, 0.3) is 0 Å². The van der Waals surface area contributed by atoms with Gasteiger partial charge in [0.05, 0.1) is 14.2 Å². The Balaban J connectivity index is 1.48. The summed E-state index contributed by atoms with van der Waals surface area (Å²) in [6, 6.07) is 3.08. The predicted molar refractivity (Wildman–Crippen MR) is 108 cm³/mol. The highest BCUT2D eigenvalue weighted by Gasteiger charge is 2.63. The van der Waals surface area contributed by atoms with Crippen molar-refractivity contribution in [2.75, 3.05) is 14.2 Å².